The Morgan fingerprint density at radius 1 is 1.44 bits per heavy atom. The molecule has 0 saturated carbocycles. The molecule has 1 heterocycles. The van der Waals surface area contributed by atoms with E-state index in [4.69, 9.17) is 4.43 Å². The second-order valence-corrected chi connectivity index (χ2v) is 10.5. The van der Waals surface area contributed by atoms with E-state index in [1.165, 1.54) is 0 Å². The van der Waals surface area contributed by atoms with Crippen LogP contribution in [0.2, 0.25) is 18.1 Å². The molecule has 0 aliphatic rings. The highest BCUT2D eigenvalue weighted by Gasteiger charge is 2.37. The number of H-pyrrole nitrogens is 1. The maximum atomic E-state index is 11.2. The Morgan fingerprint density at radius 2 is 2.00 bits per heavy atom. The van der Waals surface area contributed by atoms with Crippen molar-refractivity contribution in [2.75, 3.05) is 0 Å². The Balaban J connectivity index is 2.72. The van der Waals surface area contributed by atoms with Gasteiger partial charge in [0.2, 0.25) is 0 Å². The maximum absolute atomic E-state index is 11.2. The van der Waals surface area contributed by atoms with Crippen LogP contribution in [-0.4, -0.2) is 17.9 Å². The van der Waals surface area contributed by atoms with Gasteiger partial charge in [0.15, 0.2) is 8.32 Å². The number of aromatic amines is 1. The lowest BCUT2D eigenvalue weighted by Crippen LogP contribution is -2.40. The minimum atomic E-state index is -1.73. The molecule has 0 radical (unpaired) electrons. The SMILES string of the molecule is Cn1c(CO[Si](C)(C)C(C)(C)C)c[nH]c1=O. The molecule has 0 bridgehead atoms. The number of nitrogens with zero attached hydrogens (tertiary/aromatic N) is 1. The number of aromatic nitrogens is 2. The summed E-state index contributed by atoms with van der Waals surface area (Å²) in [6, 6.07) is 0. The minimum Gasteiger partial charge on any atom is -0.411 e. The van der Waals surface area contributed by atoms with Crippen LogP contribution in [0.3, 0.4) is 0 Å². The first-order valence-electron chi connectivity index (χ1n) is 5.52. The second kappa shape index (κ2) is 4.22. The lowest BCUT2D eigenvalue weighted by atomic mass is 10.2. The minimum absolute atomic E-state index is 0.0890. The van der Waals surface area contributed by atoms with Crippen LogP contribution < -0.4 is 5.69 Å². The number of hydrogen-bond donors (Lipinski definition) is 1. The molecule has 1 aromatic rings. The van der Waals surface area contributed by atoms with Crippen molar-refractivity contribution < 1.29 is 4.43 Å². The molecule has 92 valence electrons. The quantitative estimate of drug-likeness (QED) is 0.826. The third kappa shape index (κ3) is 2.65. The first-order chi connectivity index (χ1) is 7.15. The maximum Gasteiger partial charge on any atom is 0.325 e. The molecule has 1 N–H and O–H groups in total. The topological polar surface area (TPSA) is 47.0 Å². The Bertz CT molecular complexity index is 412. The molecule has 1 aromatic heterocycles. The number of rotatable bonds is 3. The van der Waals surface area contributed by atoms with Crippen LogP contribution in [0.1, 0.15) is 26.5 Å². The van der Waals surface area contributed by atoms with Gasteiger partial charge in [0, 0.05) is 13.2 Å². The van der Waals surface area contributed by atoms with Gasteiger partial charge in [-0.05, 0) is 18.1 Å². The van der Waals surface area contributed by atoms with Gasteiger partial charge >= 0.3 is 5.69 Å². The smallest absolute Gasteiger partial charge is 0.325 e. The molecule has 0 atom stereocenters. The highest BCUT2D eigenvalue weighted by molar-refractivity contribution is 6.74. The van der Waals surface area contributed by atoms with E-state index in [2.05, 4.69) is 38.8 Å². The van der Waals surface area contributed by atoms with Crippen LogP contribution in [0.5, 0.6) is 0 Å². The summed E-state index contributed by atoms with van der Waals surface area (Å²) in [4.78, 5) is 13.9. The van der Waals surface area contributed by atoms with Gasteiger partial charge in [-0.15, -0.1) is 0 Å². The highest BCUT2D eigenvalue weighted by atomic mass is 28.4. The predicted octanol–water partition coefficient (Wildman–Crippen LogP) is 2.24. The van der Waals surface area contributed by atoms with E-state index in [0.29, 0.717) is 6.61 Å². The van der Waals surface area contributed by atoms with Crippen LogP contribution in [0.25, 0.3) is 0 Å². The van der Waals surface area contributed by atoms with E-state index in [-0.39, 0.29) is 10.7 Å². The Labute approximate surface area is 97.8 Å². The summed E-state index contributed by atoms with van der Waals surface area (Å²) in [6.07, 6.45) is 1.72. The molecule has 0 spiro atoms. The van der Waals surface area contributed by atoms with Gasteiger partial charge in [-0.25, -0.2) is 4.79 Å². The summed E-state index contributed by atoms with van der Waals surface area (Å²) in [7, 11) is 0.0225. The van der Waals surface area contributed by atoms with Crippen molar-refractivity contribution >= 4 is 8.32 Å². The first-order valence-corrected chi connectivity index (χ1v) is 8.43. The molecule has 0 aliphatic carbocycles. The molecule has 5 heteroatoms. The van der Waals surface area contributed by atoms with Crippen molar-refractivity contribution in [2.45, 2.75) is 45.5 Å². The molecule has 0 fully saturated rings. The molecule has 0 aliphatic heterocycles. The summed E-state index contributed by atoms with van der Waals surface area (Å²) in [5.41, 5.74) is 0.809. The molecule has 0 unspecified atom stereocenters. The van der Waals surface area contributed by atoms with E-state index >= 15 is 0 Å². The van der Waals surface area contributed by atoms with Gasteiger partial charge in [-0.3, -0.25) is 4.57 Å². The molecule has 0 saturated heterocycles. The van der Waals surface area contributed by atoms with Crippen molar-refractivity contribution in [3.63, 3.8) is 0 Å². The number of imidazole rings is 1. The third-order valence-electron chi connectivity index (χ3n) is 3.48. The zero-order valence-electron chi connectivity index (χ0n) is 11.0. The van der Waals surface area contributed by atoms with Crippen molar-refractivity contribution in [2.24, 2.45) is 7.05 Å². The van der Waals surface area contributed by atoms with Gasteiger partial charge in [-0.1, -0.05) is 20.8 Å². The summed E-state index contributed by atoms with van der Waals surface area (Å²) < 4.78 is 7.62. The fraction of sp³-hybridized carbons (Fsp3) is 0.727. The number of hydrogen-bond acceptors (Lipinski definition) is 2. The van der Waals surface area contributed by atoms with E-state index in [1.807, 2.05) is 0 Å². The Hall–Kier alpha value is -0.813. The fourth-order valence-corrected chi connectivity index (χ4v) is 2.02. The lowest BCUT2D eigenvalue weighted by molar-refractivity contribution is 0.268. The van der Waals surface area contributed by atoms with Crippen molar-refractivity contribution in [3.8, 4) is 0 Å². The normalized spacial score (nSPS) is 13.1. The van der Waals surface area contributed by atoms with Crippen molar-refractivity contribution in [3.05, 3.63) is 22.4 Å². The van der Waals surface area contributed by atoms with E-state index < -0.39 is 8.32 Å². The molecular weight excluding hydrogens is 220 g/mol. The average molecular weight is 242 g/mol. The lowest BCUT2D eigenvalue weighted by Gasteiger charge is -2.36. The molecular formula is C11H22N2O2Si. The zero-order chi connectivity index (χ0) is 12.6. The Morgan fingerprint density at radius 3 is 2.38 bits per heavy atom. The van der Waals surface area contributed by atoms with Gasteiger partial charge in [0.1, 0.15) is 0 Å². The van der Waals surface area contributed by atoms with Gasteiger partial charge in [-0.2, -0.15) is 0 Å². The molecule has 1 rings (SSSR count). The fourth-order valence-electron chi connectivity index (χ4n) is 1.08. The third-order valence-corrected chi connectivity index (χ3v) is 7.96. The van der Waals surface area contributed by atoms with Crippen LogP contribution in [0.4, 0.5) is 0 Å². The summed E-state index contributed by atoms with van der Waals surface area (Å²) in [5, 5.41) is 0.197. The van der Waals surface area contributed by atoms with Gasteiger partial charge < -0.3 is 9.41 Å². The molecule has 0 amide bonds. The molecule has 0 aromatic carbocycles. The van der Waals surface area contributed by atoms with Gasteiger partial charge in [0.25, 0.3) is 0 Å². The summed E-state index contributed by atoms with van der Waals surface area (Å²) in [6.45, 7) is 11.5. The Kier molecular flexibility index (Phi) is 3.49. The monoisotopic (exact) mass is 242 g/mol. The zero-order valence-corrected chi connectivity index (χ0v) is 12.0. The predicted molar refractivity (Wildman–Crippen MR) is 68.0 cm³/mol. The van der Waals surface area contributed by atoms with Crippen LogP contribution in [0.15, 0.2) is 11.0 Å². The van der Waals surface area contributed by atoms with Crippen LogP contribution in [-0.2, 0) is 18.1 Å². The van der Waals surface area contributed by atoms with Gasteiger partial charge in [0.05, 0.1) is 12.3 Å². The van der Waals surface area contributed by atoms with E-state index in [9.17, 15) is 4.79 Å². The summed E-state index contributed by atoms with van der Waals surface area (Å²) in [5.74, 6) is 0. The van der Waals surface area contributed by atoms with Crippen LogP contribution in [0, 0.1) is 0 Å². The second-order valence-electron chi connectivity index (χ2n) is 5.69. The van der Waals surface area contributed by atoms with Crippen molar-refractivity contribution in [1.82, 2.24) is 9.55 Å². The number of nitrogens with one attached hydrogen (secondary N) is 1. The first kappa shape index (κ1) is 13.3. The standard InChI is InChI=1S/C11H22N2O2Si/c1-11(2,3)16(5,6)15-8-9-7-12-10(14)13(9)4/h7H,8H2,1-6H3,(H,12,14). The average Bonchev–Trinajstić information content (AvgIpc) is 2.43. The largest absolute Gasteiger partial charge is 0.411 e. The van der Waals surface area contributed by atoms with E-state index in [1.54, 1.807) is 17.8 Å². The molecule has 4 nitrogen and oxygen atoms in total. The van der Waals surface area contributed by atoms with Crippen LogP contribution >= 0.6 is 0 Å². The van der Waals surface area contributed by atoms with Crippen molar-refractivity contribution in [1.29, 1.82) is 0 Å². The summed E-state index contributed by atoms with van der Waals surface area (Å²) >= 11 is 0. The van der Waals surface area contributed by atoms with E-state index in [0.717, 1.165) is 5.69 Å². The molecule has 16 heavy (non-hydrogen) atoms. The highest BCUT2D eigenvalue weighted by Crippen LogP contribution is 2.36.